The van der Waals surface area contributed by atoms with E-state index in [0.717, 1.165) is 49.7 Å². The molecule has 1 aromatic carbocycles. The molecule has 2 aromatic rings. The van der Waals surface area contributed by atoms with Crippen molar-refractivity contribution in [2.24, 2.45) is 5.92 Å². The number of ether oxygens (including phenoxy) is 3. The number of pyridine rings is 1. The Bertz CT molecular complexity index is 1130. The summed E-state index contributed by atoms with van der Waals surface area (Å²) in [6.07, 6.45) is 8.87. The lowest BCUT2D eigenvalue weighted by molar-refractivity contribution is -0.135. The lowest BCUT2D eigenvalue weighted by Crippen LogP contribution is -2.39. The molecule has 1 aromatic heterocycles. The maximum Gasteiger partial charge on any atom is 0.290 e. The van der Waals surface area contributed by atoms with Gasteiger partial charge in [-0.15, -0.1) is 0 Å². The summed E-state index contributed by atoms with van der Waals surface area (Å²) >= 11 is 0. The number of benzene rings is 1. The largest absolute Gasteiger partial charge is 0.493 e. The fourth-order valence-corrected chi connectivity index (χ4v) is 5.39. The molecule has 3 unspecified atom stereocenters. The Morgan fingerprint density at radius 1 is 1.14 bits per heavy atom. The lowest BCUT2D eigenvalue weighted by atomic mass is 9.77. The SMILES string of the molecule is CCCCOc1ccc(C2C3=C(OC4CCCCC4C3=O)C(=O)N2Cc2cccnc2)cc1OC. The zero-order valence-corrected chi connectivity index (χ0v) is 20.4. The van der Waals surface area contributed by atoms with Crippen LogP contribution < -0.4 is 9.47 Å². The van der Waals surface area contributed by atoms with Gasteiger partial charge < -0.3 is 19.1 Å². The van der Waals surface area contributed by atoms with Crippen LogP contribution in [0.5, 0.6) is 11.5 Å². The lowest BCUT2D eigenvalue weighted by Gasteiger charge is -2.35. The number of fused-ring (bicyclic) bond motifs is 1. The molecule has 1 saturated carbocycles. The number of nitrogens with zero attached hydrogens (tertiary/aromatic N) is 2. The van der Waals surface area contributed by atoms with E-state index in [9.17, 15) is 9.59 Å². The molecule has 2 aliphatic heterocycles. The second kappa shape index (κ2) is 10.1. The number of carbonyl (C=O) groups is 2. The third-order valence-corrected chi connectivity index (χ3v) is 7.19. The second-order valence-corrected chi connectivity index (χ2v) is 9.46. The monoisotopic (exact) mass is 476 g/mol. The van der Waals surface area contributed by atoms with E-state index in [0.29, 0.717) is 30.2 Å². The Kier molecular flexibility index (Phi) is 6.75. The molecule has 7 nitrogen and oxygen atoms in total. The minimum Gasteiger partial charge on any atom is -0.493 e. The molecule has 3 heterocycles. The van der Waals surface area contributed by atoms with Crippen LogP contribution in [0.1, 0.15) is 62.6 Å². The first-order chi connectivity index (χ1) is 17.1. The number of Topliss-reactive ketones (excluding diaryl/α,β-unsaturated/α-hetero) is 1. The van der Waals surface area contributed by atoms with Crippen LogP contribution in [0.3, 0.4) is 0 Å². The van der Waals surface area contributed by atoms with Crippen LogP contribution in [0, 0.1) is 5.92 Å². The van der Waals surface area contributed by atoms with E-state index >= 15 is 0 Å². The summed E-state index contributed by atoms with van der Waals surface area (Å²) in [5, 5.41) is 0. The summed E-state index contributed by atoms with van der Waals surface area (Å²) < 4.78 is 17.8. The number of unbranched alkanes of at least 4 members (excludes halogenated alkanes) is 1. The summed E-state index contributed by atoms with van der Waals surface area (Å²) in [5.74, 6) is 1.07. The Hall–Kier alpha value is -3.35. The van der Waals surface area contributed by atoms with Gasteiger partial charge in [-0.1, -0.05) is 31.9 Å². The number of amides is 1. The molecule has 0 N–H and O–H groups in total. The number of carbonyl (C=O) groups excluding carboxylic acids is 2. The number of hydrogen-bond donors (Lipinski definition) is 0. The van der Waals surface area contributed by atoms with Crippen molar-refractivity contribution in [3.63, 3.8) is 0 Å². The van der Waals surface area contributed by atoms with Crippen LogP contribution in [0.25, 0.3) is 0 Å². The first kappa shape index (κ1) is 23.4. The van der Waals surface area contributed by atoms with Gasteiger partial charge in [0.05, 0.1) is 31.2 Å². The molecule has 3 atom stereocenters. The molecule has 0 spiro atoms. The summed E-state index contributed by atoms with van der Waals surface area (Å²) in [6.45, 7) is 3.04. The Labute approximate surface area is 206 Å². The Balaban J connectivity index is 1.55. The molecule has 3 aliphatic rings. The van der Waals surface area contributed by atoms with Crippen LogP contribution in [0.15, 0.2) is 54.1 Å². The van der Waals surface area contributed by atoms with Gasteiger partial charge in [0.15, 0.2) is 23.0 Å². The zero-order valence-electron chi connectivity index (χ0n) is 20.4. The normalized spacial score (nSPS) is 23.6. The van der Waals surface area contributed by atoms with E-state index in [2.05, 4.69) is 11.9 Å². The summed E-state index contributed by atoms with van der Waals surface area (Å²) in [6, 6.07) is 8.90. The van der Waals surface area contributed by atoms with Crippen molar-refractivity contribution in [2.75, 3.05) is 13.7 Å². The van der Waals surface area contributed by atoms with Gasteiger partial charge in [-0.05, 0) is 55.0 Å². The van der Waals surface area contributed by atoms with Gasteiger partial charge in [0.25, 0.3) is 5.91 Å². The maximum atomic E-state index is 13.8. The van der Waals surface area contributed by atoms with Crippen LogP contribution in [-0.4, -0.2) is 41.4 Å². The highest BCUT2D eigenvalue weighted by Crippen LogP contribution is 2.48. The molecule has 1 fully saturated rings. The van der Waals surface area contributed by atoms with Gasteiger partial charge >= 0.3 is 0 Å². The highest BCUT2D eigenvalue weighted by Gasteiger charge is 2.52. The van der Waals surface area contributed by atoms with Crippen molar-refractivity contribution in [3.8, 4) is 11.5 Å². The fraction of sp³-hybridized carbons (Fsp3) is 0.464. The highest BCUT2D eigenvalue weighted by molar-refractivity contribution is 6.11. The van der Waals surface area contributed by atoms with Crippen LogP contribution in [-0.2, 0) is 20.9 Å². The van der Waals surface area contributed by atoms with Gasteiger partial charge in [-0.25, -0.2) is 0 Å². The first-order valence-corrected chi connectivity index (χ1v) is 12.6. The van der Waals surface area contributed by atoms with Gasteiger partial charge in [0.1, 0.15) is 6.10 Å². The molecule has 0 bridgehead atoms. The Morgan fingerprint density at radius 2 is 2.00 bits per heavy atom. The maximum absolute atomic E-state index is 13.8. The fourth-order valence-electron chi connectivity index (χ4n) is 5.39. The molecular weight excluding hydrogens is 444 g/mol. The van der Waals surface area contributed by atoms with Gasteiger partial charge in [-0.3, -0.25) is 14.6 Å². The first-order valence-electron chi connectivity index (χ1n) is 12.6. The van der Waals surface area contributed by atoms with Crippen molar-refractivity contribution >= 4 is 11.7 Å². The van der Waals surface area contributed by atoms with E-state index in [1.165, 1.54) is 0 Å². The average molecular weight is 477 g/mol. The van der Waals surface area contributed by atoms with Crippen LogP contribution >= 0.6 is 0 Å². The van der Waals surface area contributed by atoms with Gasteiger partial charge in [0, 0.05) is 18.9 Å². The van der Waals surface area contributed by atoms with E-state index < -0.39 is 6.04 Å². The third kappa shape index (κ3) is 4.40. The van der Waals surface area contributed by atoms with Crippen molar-refractivity contribution < 1.29 is 23.8 Å². The molecule has 35 heavy (non-hydrogen) atoms. The number of hydrogen-bond acceptors (Lipinski definition) is 6. The van der Waals surface area contributed by atoms with E-state index in [-0.39, 0.29) is 29.5 Å². The summed E-state index contributed by atoms with van der Waals surface area (Å²) in [4.78, 5) is 33.4. The minimum atomic E-state index is -0.549. The predicted molar refractivity (Wildman–Crippen MR) is 130 cm³/mol. The smallest absolute Gasteiger partial charge is 0.290 e. The molecule has 184 valence electrons. The molecule has 7 heteroatoms. The minimum absolute atomic E-state index is 0.0465. The van der Waals surface area contributed by atoms with Crippen LogP contribution in [0.2, 0.25) is 0 Å². The second-order valence-electron chi connectivity index (χ2n) is 9.46. The Morgan fingerprint density at radius 3 is 2.77 bits per heavy atom. The predicted octanol–water partition coefficient (Wildman–Crippen LogP) is 4.76. The number of methoxy groups -OCH3 is 1. The van der Waals surface area contributed by atoms with E-state index in [4.69, 9.17) is 14.2 Å². The van der Waals surface area contributed by atoms with Crippen molar-refractivity contribution in [1.82, 2.24) is 9.88 Å². The number of ketones is 1. The van der Waals surface area contributed by atoms with E-state index in [1.54, 1.807) is 24.4 Å². The van der Waals surface area contributed by atoms with Crippen molar-refractivity contribution in [2.45, 2.75) is 64.1 Å². The van der Waals surface area contributed by atoms with Gasteiger partial charge in [-0.2, -0.15) is 0 Å². The molecular formula is C28H32N2O5. The third-order valence-electron chi connectivity index (χ3n) is 7.19. The van der Waals surface area contributed by atoms with Crippen LogP contribution in [0.4, 0.5) is 0 Å². The summed E-state index contributed by atoms with van der Waals surface area (Å²) in [7, 11) is 1.60. The quantitative estimate of drug-likeness (QED) is 0.511. The van der Waals surface area contributed by atoms with Crippen molar-refractivity contribution in [1.29, 1.82) is 0 Å². The van der Waals surface area contributed by atoms with E-state index in [1.807, 2.05) is 30.3 Å². The zero-order chi connectivity index (χ0) is 24.4. The number of rotatable bonds is 8. The molecule has 1 aliphatic carbocycles. The number of aromatic nitrogens is 1. The van der Waals surface area contributed by atoms with Crippen molar-refractivity contribution in [3.05, 3.63) is 65.2 Å². The van der Waals surface area contributed by atoms with Gasteiger partial charge in [0.2, 0.25) is 0 Å². The molecule has 5 rings (SSSR count). The topological polar surface area (TPSA) is 78.0 Å². The summed E-state index contributed by atoms with van der Waals surface area (Å²) in [5.41, 5.74) is 2.17. The molecule has 0 radical (unpaired) electrons. The average Bonchev–Trinajstić information content (AvgIpc) is 3.16. The standard InChI is InChI=1S/C28H32N2O5/c1-3-4-14-34-22-12-11-19(15-23(22)33-2)25-24-26(31)20-9-5-6-10-21(20)35-27(24)28(32)30(25)17-18-8-7-13-29-16-18/h7-8,11-13,15-16,20-21,25H,3-6,9-10,14,17H2,1-2H3. The molecule has 1 amide bonds. The highest BCUT2D eigenvalue weighted by atomic mass is 16.5. The molecule has 0 saturated heterocycles.